The molecule has 0 saturated carbocycles. The highest BCUT2D eigenvalue weighted by Gasteiger charge is 2.18. The third kappa shape index (κ3) is 5.49. The van der Waals surface area contributed by atoms with Gasteiger partial charge in [0.2, 0.25) is 0 Å². The molecule has 0 atom stereocenters. The van der Waals surface area contributed by atoms with Crippen LogP contribution in [-0.4, -0.2) is 17.0 Å². The monoisotopic (exact) mass is 389 g/mol. The normalized spacial score (nSPS) is 10.7. The smallest absolute Gasteiger partial charge is 0.282 e. The number of carbonyl (C=O) groups excluding carboxylic acids is 1. The number of ether oxygens (including phenoxy) is 1. The van der Waals surface area contributed by atoms with Crippen LogP contribution >= 0.6 is 0 Å². The van der Waals surface area contributed by atoms with E-state index in [-0.39, 0.29) is 11.3 Å². The molecule has 0 unspecified atom stereocenters. The first-order valence-electron chi connectivity index (χ1n) is 8.88. The Hall–Kier alpha value is -4.00. The van der Waals surface area contributed by atoms with E-state index in [1.165, 1.54) is 30.0 Å². The zero-order valence-corrected chi connectivity index (χ0v) is 15.7. The van der Waals surface area contributed by atoms with Crippen LogP contribution in [0.15, 0.2) is 77.9 Å². The highest BCUT2D eigenvalue weighted by Crippen LogP contribution is 2.17. The molecule has 29 heavy (non-hydrogen) atoms. The largest absolute Gasteiger partial charge is 0.489 e. The Labute approximate surface area is 167 Å². The van der Waals surface area contributed by atoms with E-state index in [4.69, 9.17) is 4.74 Å². The molecule has 0 bridgehead atoms. The fraction of sp³-hybridized carbons (Fsp3) is 0.0909. The zero-order chi connectivity index (χ0) is 20.6. The van der Waals surface area contributed by atoms with Gasteiger partial charge in [0.05, 0.1) is 11.1 Å². The van der Waals surface area contributed by atoms with Crippen molar-refractivity contribution in [1.82, 2.24) is 5.43 Å². The van der Waals surface area contributed by atoms with Gasteiger partial charge in [-0.25, -0.2) is 5.43 Å². The first-order chi connectivity index (χ1) is 14.0. The summed E-state index contributed by atoms with van der Waals surface area (Å²) in [6.45, 7) is 2.51. The molecule has 0 aliphatic carbocycles. The minimum atomic E-state index is -0.647. The zero-order valence-electron chi connectivity index (χ0n) is 15.7. The minimum Gasteiger partial charge on any atom is -0.489 e. The first-order valence-corrected chi connectivity index (χ1v) is 8.88. The molecule has 0 aromatic heterocycles. The Bertz CT molecular complexity index is 1030. The van der Waals surface area contributed by atoms with Crippen LogP contribution in [-0.2, 0) is 6.61 Å². The van der Waals surface area contributed by atoms with Gasteiger partial charge in [-0.2, -0.15) is 5.10 Å². The van der Waals surface area contributed by atoms with Crippen LogP contribution in [0.2, 0.25) is 0 Å². The average Bonchev–Trinajstić information content (AvgIpc) is 2.74. The maximum Gasteiger partial charge on any atom is 0.282 e. The van der Waals surface area contributed by atoms with Crippen molar-refractivity contribution in [1.29, 1.82) is 0 Å². The van der Waals surface area contributed by atoms with Gasteiger partial charge < -0.3 is 4.74 Å². The van der Waals surface area contributed by atoms with Crippen LogP contribution in [0.1, 0.15) is 27.0 Å². The second-order valence-electron chi connectivity index (χ2n) is 6.32. The molecular weight excluding hydrogens is 370 g/mol. The van der Waals surface area contributed by atoms with Crippen molar-refractivity contribution in [2.45, 2.75) is 13.5 Å². The van der Waals surface area contributed by atoms with Gasteiger partial charge in [0, 0.05) is 6.07 Å². The van der Waals surface area contributed by atoms with Crippen molar-refractivity contribution in [3.8, 4) is 5.75 Å². The first kappa shape index (κ1) is 19.8. The number of amides is 1. The van der Waals surface area contributed by atoms with Gasteiger partial charge >= 0.3 is 0 Å². The van der Waals surface area contributed by atoms with E-state index in [9.17, 15) is 14.9 Å². The molecule has 146 valence electrons. The summed E-state index contributed by atoms with van der Waals surface area (Å²) in [5.41, 5.74) is 5.02. The molecule has 0 saturated heterocycles. The molecule has 3 rings (SSSR count). The summed E-state index contributed by atoms with van der Waals surface area (Å²) in [7, 11) is 0. The molecule has 7 heteroatoms. The van der Waals surface area contributed by atoms with Crippen molar-refractivity contribution in [3.63, 3.8) is 0 Å². The van der Waals surface area contributed by atoms with Gasteiger partial charge in [0.1, 0.15) is 17.9 Å². The number of nitrogens with one attached hydrogen (secondary N) is 1. The second kappa shape index (κ2) is 9.27. The molecule has 0 fully saturated rings. The number of nitro groups is 1. The molecule has 3 aromatic rings. The summed E-state index contributed by atoms with van der Waals surface area (Å²) in [6.07, 6.45) is 1.45. The highest BCUT2D eigenvalue weighted by molar-refractivity contribution is 5.98. The van der Waals surface area contributed by atoms with Crippen molar-refractivity contribution in [2.24, 2.45) is 5.10 Å². The lowest BCUT2D eigenvalue weighted by atomic mass is 10.2. The molecule has 0 spiro atoms. The number of carbonyl (C=O) groups is 1. The van der Waals surface area contributed by atoms with E-state index in [0.717, 1.165) is 11.1 Å². The van der Waals surface area contributed by atoms with Crippen LogP contribution in [0.25, 0.3) is 0 Å². The van der Waals surface area contributed by atoms with Crippen LogP contribution in [0, 0.1) is 17.0 Å². The number of nitrogens with zero attached hydrogens (tertiary/aromatic N) is 2. The fourth-order valence-electron chi connectivity index (χ4n) is 2.55. The van der Waals surface area contributed by atoms with E-state index in [1.807, 2.05) is 31.2 Å². The average molecular weight is 389 g/mol. The van der Waals surface area contributed by atoms with Crippen LogP contribution < -0.4 is 10.2 Å². The SMILES string of the molecule is Cc1ccc(COc2ccc(/C=N\NC(=O)c3ccccc3[N+](=O)[O-])cc2)cc1. The third-order valence-corrected chi connectivity index (χ3v) is 4.13. The Balaban J connectivity index is 1.55. The van der Waals surface area contributed by atoms with E-state index < -0.39 is 10.8 Å². The maximum absolute atomic E-state index is 12.1. The third-order valence-electron chi connectivity index (χ3n) is 4.13. The molecule has 1 N–H and O–H groups in total. The van der Waals surface area contributed by atoms with Crippen molar-refractivity contribution < 1.29 is 14.5 Å². The summed E-state index contributed by atoms with van der Waals surface area (Å²) in [6, 6.07) is 21.0. The number of hydrogen-bond acceptors (Lipinski definition) is 5. The lowest BCUT2D eigenvalue weighted by molar-refractivity contribution is -0.385. The second-order valence-corrected chi connectivity index (χ2v) is 6.32. The van der Waals surface area contributed by atoms with Crippen molar-refractivity contribution >= 4 is 17.8 Å². The maximum atomic E-state index is 12.1. The van der Waals surface area contributed by atoms with Crippen LogP contribution in [0.4, 0.5) is 5.69 Å². The standard InChI is InChI=1S/C22H19N3O4/c1-16-6-8-18(9-7-16)15-29-19-12-10-17(11-13-19)14-23-24-22(26)20-4-2-3-5-21(20)25(27)28/h2-14H,15H2,1H3,(H,24,26)/b23-14-. The summed E-state index contributed by atoms with van der Waals surface area (Å²) >= 11 is 0. The topological polar surface area (TPSA) is 93.8 Å². The Kier molecular flexibility index (Phi) is 6.32. The molecule has 0 radical (unpaired) electrons. The van der Waals surface area contributed by atoms with E-state index >= 15 is 0 Å². The van der Waals surface area contributed by atoms with Crippen LogP contribution in [0.5, 0.6) is 5.75 Å². The van der Waals surface area contributed by atoms with Crippen molar-refractivity contribution in [2.75, 3.05) is 0 Å². The summed E-state index contributed by atoms with van der Waals surface area (Å²) in [5.74, 6) is 0.0678. The van der Waals surface area contributed by atoms with Gasteiger partial charge in [-0.3, -0.25) is 14.9 Å². The van der Waals surface area contributed by atoms with E-state index in [0.29, 0.717) is 12.4 Å². The quantitative estimate of drug-likeness (QED) is 0.371. The van der Waals surface area contributed by atoms with Crippen molar-refractivity contribution in [3.05, 3.63) is 105 Å². The Morgan fingerprint density at radius 1 is 1.07 bits per heavy atom. The lowest BCUT2D eigenvalue weighted by Crippen LogP contribution is -2.18. The molecule has 0 aliphatic heterocycles. The van der Waals surface area contributed by atoms with Gasteiger partial charge in [0.25, 0.3) is 11.6 Å². The number of hydrazone groups is 1. The number of rotatable bonds is 7. The fourth-order valence-corrected chi connectivity index (χ4v) is 2.55. The molecule has 0 aliphatic rings. The molecule has 7 nitrogen and oxygen atoms in total. The highest BCUT2D eigenvalue weighted by atomic mass is 16.6. The lowest BCUT2D eigenvalue weighted by Gasteiger charge is -2.07. The van der Waals surface area contributed by atoms with Gasteiger partial charge in [-0.15, -0.1) is 0 Å². The number of hydrogen-bond donors (Lipinski definition) is 1. The molecule has 1 amide bonds. The van der Waals surface area contributed by atoms with Gasteiger partial charge in [-0.1, -0.05) is 42.0 Å². The summed E-state index contributed by atoms with van der Waals surface area (Å²) in [5, 5.41) is 14.8. The molecule has 0 heterocycles. The van der Waals surface area contributed by atoms with Gasteiger partial charge in [-0.05, 0) is 48.4 Å². The summed E-state index contributed by atoms with van der Waals surface area (Å²) < 4.78 is 5.74. The van der Waals surface area contributed by atoms with E-state index in [1.54, 1.807) is 30.3 Å². The van der Waals surface area contributed by atoms with Gasteiger partial charge in [0.15, 0.2) is 0 Å². The molecular formula is C22H19N3O4. The number of para-hydroxylation sites is 1. The van der Waals surface area contributed by atoms with E-state index in [2.05, 4.69) is 10.5 Å². The molecule has 3 aromatic carbocycles. The Morgan fingerprint density at radius 2 is 1.76 bits per heavy atom. The summed E-state index contributed by atoms with van der Waals surface area (Å²) in [4.78, 5) is 22.5. The predicted octanol–water partition coefficient (Wildman–Crippen LogP) is 4.25. The Morgan fingerprint density at radius 3 is 2.45 bits per heavy atom. The number of benzene rings is 3. The van der Waals surface area contributed by atoms with Crippen LogP contribution in [0.3, 0.4) is 0 Å². The number of nitro benzene ring substituents is 1. The minimum absolute atomic E-state index is 0.0468. The number of aryl methyl sites for hydroxylation is 1. The predicted molar refractivity (Wildman–Crippen MR) is 110 cm³/mol.